The Bertz CT molecular complexity index is 561. The molecule has 1 heterocycles. The first kappa shape index (κ1) is 12.5. The van der Waals surface area contributed by atoms with Crippen molar-refractivity contribution in [2.75, 3.05) is 5.32 Å². The number of nitrogens with zero attached hydrogens (tertiary/aromatic N) is 2. The fourth-order valence-corrected chi connectivity index (χ4v) is 1.98. The molecule has 0 amide bonds. The Hall–Kier alpha value is -1.95. The molecule has 0 aliphatic heterocycles. The zero-order chi connectivity index (χ0) is 13.0. The third kappa shape index (κ3) is 3.04. The highest BCUT2D eigenvalue weighted by Gasteiger charge is 2.11. The van der Waals surface area contributed by atoms with E-state index in [9.17, 15) is 10.1 Å². The molecule has 0 aliphatic rings. The number of nitro benzene ring substituents is 1. The van der Waals surface area contributed by atoms with E-state index in [1.807, 2.05) is 18.2 Å². The number of nitro groups is 1. The normalized spacial score (nSPS) is 10.1. The number of anilines is 1. The molecule has 0 atom stereocenters. The molecule has 0 saturated heterocycles. The Morgan fingerprint density at radius 1 is 1.33 bits per heavy atom. The van der Waals surface area contributed by atoms with Gasteiger partial charge < -0.3 is 5.32 Å². The highest BCUT2D eigenvalue weighted by Crippen LogP contribution is 2.27. The quantitative estimate of drug-likeness (QED) is 0.694. The maximum absolute atomic E-state index is 10.7. The van der Waals surface area contributed by atoms with Crippen molar-refractivity contribution in [1.82, 2.24) is 4.98 Å². The Balaban J connectivity index is 2.07. The Morgan fingerprint density at radius 3 is 2.78 bits per heavy atom. The lowest BCUT2D eigenvalue weighted by atomic mass is 10.2. The molecule has 1 N–H and O–H groups in total. The summed E-state index contributed by atoms with van der Waals surface area (Å²) in [6.07, 6.45) is 1.72. The van der Waals surface area contributed by atoms with Gasteiger partial charge in [-0.05, 0) is 40.2 Å². The van der Waals surface area contributed by atoms with Gasteiger partial charge in [0, 0.05) is 18.0 Å². The zero-order valence-electron chi connectivity index (χ0n) is 9.34. The van der Waals surface area contributed by atoms with Crippen molar-refractivity contribution in [3.63, 3.8) is 0 Å². The summed E-state index contributed by atoms with van der Waals surface area (Å²) in [5.41, 5.74) is 1.77. The van der Waals surface area contributed by atoms with Gasteiger partial charge in [-0.15, -0.1) is 0 Å². The molecular weight excluding hydrogens is 298 g/mol. The fraction of sp³-hybridized carbons (Fsp3) is 0.0833. The lowest BCUT2D eigenvalue weighted by Crippen LogP contribution is -2.01. The van der Waals surface area contributed by atoms with Crippen molar-refractivity contribution >= 4 is 27.3 Å². The average molecular weight is 308 g/mol. The van der Waals surface area contributed by atoms with Crippen molar-refractivity contribution in [2.24, 2.45) is 0 Å². The molecule has 0 unspecified atom stereocenters. The van der Waals surface area contributed by atoms with Crippen LogP contribution in [0.2, 0.25) is 0 Å². The van der Waals surface area contributed by atoms with E-state index in [-0.39, 0.29) is 5.69 Å². The molecule has 2 rings (SSSR count). The second-order valence-corrected chi connectivity index (χ2v) is 4.45. The van der Waals surface area contributed by atoms with Gasteiger partial charge in [-0.3, -0.25) is 15.1 Å². The molecule has 0 spiro atoms. The van der Waals surface area contributed by atoms with E-state index in [1.54, 1.807) is 18.3 Å². The molecule has 0 aliphatic carbocycles. The maximum atomic E-state index is 10.7. The number of pyridine rings is 1. The van der Waals surface area contributed by atoms with Gasteiger partial charge in [0.05, 0.1) is 21.6 Å². The summed E-state index contributed by atoms with van der Waals surface area (Å²) in [5.74, 6) is 0. The summed E-state index contributed by atoms with van der Waals surface area (Å²) in [6.45, 7) is 0.574. The van der Waals surface area contributed by atoms with Gasteiger partial charge in [0.25, 0.3) is 5.69 Å². The first-order valence-electron chi connectivity index (χ1n) is 5.24. The second-order valence-electron chi connectivity index (χ2n) is 3.60. The largest absolute Gasteiger partial charge is 0.379 e. The third-order valence-corrected chi connectivity index (χ3v) is 2.98. The van der Waals surface area contributed by atoms with E-state index in [1.165, 1.54) is 6.07 Å². The molecule has 6 heteroatoms. The minimum absolute atomic E-state index is 0.0541. The predicted molar refractivity (Wildman–Crippen MR) is 72.4 cm³/mol. The number of nitrogens with one attached hydrogen (secondary N) is 1. The van der Waals surface area contributed by atoms with Crippen molar-refractivity contribution < 1.29 is 4.92 Å². The van der Waals surface area contributed by atoms with E-state index in [2.05, 4.69) is 26.2 Å². The molecule has 92 valence electrons. The lowest BCUT2D eigenvalue weighted by molar-refractivity contribution is -0.385. The number of hydrogen-bond donors (Lipinski definition) is 1. The first-order valence-corrected chi connectivity index (χ1v) is 6.04. The third-order valence-electron chi connectivity index (χ3n) is 2.34. The summed E-state index contributed by atoms with van der Waals surface area (Å²) in [4.78, 5) is 14.4. The van der Waals surface area contributed by atoms with Crippen LogP contribution in [0.3, 0.4) is 0 Å². The van der Waals surface area contributed by atoms with Gasteiger partial charge in [-0.25, -0.2) is 0 Å². The lowest BCUT2D eigenvalue weighted by Gasteiger charge is -2.06. The van der Waals surface area contributed by atoms with Crippen molar-refractivity contribution in [1.29, 1.82) is 0 Å². The predicted octanol–water partition coefficient (Wildman–Crippen LogP) is 3.36. The number of hydrogen-bond acceptors (Lipinski definition) is 4. The van der Waals surface area contributed by atoms with Gasteiger partial charge in [-0.2, -0.15) is 0 Å². The number of halogens is 1. The molecule has 0 radical (unpaired) electrons. The molecule has 0 bridgehead atoms. The van der Waals surface area contributed by atoms with Crippen LogP contribution in [0.4, 0.5) is 11.4 Å². The van der Waals surface area contributed by atoms with Gasteiger partial charge in [0.1, 0.15) is 0 Å². The Labute approximate surface area is 112 Å². The van der Waals surface area contributed by atoms with E-state index < -0.39 is 4.92 Å². The number of aromatic nitrogens is 1. The molecule has 1 aromatic heterocycles. The van der Waals surface area contributed by atoms with Gasteiger partial charge in [0.15, 0.2) is 0 Å². The van der Waals surface area contributed by atoms with Crippen LogP contribution in [-0.4, -0.2) is 9.91 Å². The number of rotatable bonds is 4. The standard InChI is InChI=1S/C12H10BrN3O2/c13-11-7-9(4-5-12(11)16(17)18)15-8-10-3-1-2-6-14-10/h1-7,15H,8H2. The highest BCUT2D eigenvalue weighted by molar-refractivity contribution is 9.10. The van der Waals surface area contributed by atoms with Crippen LogP contribution in [0.5, 0.6) is 0 Å². The topological polar surface area (TPSA) is 68.1 Å². The van der Waals surface area contributed by atoms with E-state index in [4.69, 9.17) is 0 Å². The first-order chi connectivity index (χ1) is 8.66. The van der Waals surface area contributed by atoms with Crippen molar-refractivity contribution in [3.8, 4) is 0 Å². The van der Waals surface area contributed by atoms with Crippen LogP contribution in [-0.2, 0) is 6.54 Å². The van der Waals surface area contributed by atoms with Crippen LogP contribution in [0.15, 0.2) is 47.1 Å². The van der Waals surface area contributed by atoms with E-state index in [0.29, 0.717) is 11.0 Å². The van der Waals surface area contributed by atoms with Crippen LogP contribution in [0.1, 0.15) is 5.69 Å². The fourth-order valence-electron chi connectivity index (χ4n) is 1.46. The molecule has 5 nitrogen and oxygen atoms in total. The van der Waals surface area contributed by atoms with Crippen LogP contribution < -0.4 is 5.32 Å². The minimum Gasteiger partial charge on any atom is -0.379 e. The molecule has 18 heavy (non-hydrogen) atoms. The molecule has 0 fully saturated rings. The Morgan fingerprint density at radius 2 is 2.17 bits per heavy atom. The van der Waals surface area contributed by atoms with Crippen LogP contribution >= 0.6 is 15.9 Å². The highest BCUT2D eigenvalue weighted by atomic mass is 79.9. The summed E-state index contributed by atoms with van der Waals surface area (Å²) in [5, 5.41) is 13.8. The summed E-state index contributed by atoms with van der Waals surface area (Å²) < 4.78 is 0.457. The molecule has 1 aromatic carbocycles. The SMILES string of the molecule is O=[N+]([O-])c1ccc(NCc2ccccn2)cc1Br. The summed E-state index contributed by atoms with van der Waals surface area (Å²) in [6, 6.07) is 10.5. The molecule has 2 aromatic rings. The number of benzene rings is 1. The maximum Gasteiger partial charge on any atom is 0.283 e. The van der Waals surface area contributed by atoms with E-state index in [0.717, 1.165) is 11.4 Å². The summed E-state index contributed by atoms with van der Waals surface area (Å²) >= 11 is 3.18. The molecule has 0 saturated carbocycles. The Kier molecular flexibility index (Phi) is 3.88. The van der Waals surface area contributed by atoms with Gasteiger partial charge in [0.2, 0.25) is 0 Å². The smallest absolute Gasteiger partial charge is 0.283 e. The zero-order valence-corrected chi connectivity index (χ0v) is 10.9. The average Bonchev–Trinajstić information content (AvgIpc) is 2.37. The van der Waals surface area contributed by atoms with Crippen LogP contribution in [0, 0.1) is 10.1 Å². The van der Waals surface area contributed by atoms with Crippen molar-refractivity contribution in [2.45, 2.75) is 6.54 Å². The van der Waals surface area contributed by atoms with E-state index >= 15 is 0 Å². The second kappa shape index (κ2) is 5.59. The minimum atomic E-state index is -0.424. The van der Waals surface area contributed by atoms with Gasteiger partial charge >= 0.3 is 0 Å². The molecular formula is C12H10BrN3O2. The van der Waals surface area contributed by atoms with Crippen LogP contribution in [0.25, 0.3) is 0 Å². The summed E-state index contributed by atoms with van der Waals surface area (Å²) in [7, 11) is 0. The van der Waals surface area contributed by atoms with Crippen molar-refractivity contribution in [3.05, 3.63) is 62.9 Å². The monoisotopic (exact) mass is 307 g/mol. The van der Waals surface area contributed by atoms with Gasteiger partial charge in [-0.1, -0.05) is 6.07 Å².